The Hall–Kier alpha value is -2.67. The van der Waals surface area contributed by atoms with E-state index in [9.17, 15) is 9.18 Å². The number of urea groups is 1. The smallest absolute Gasteiger partial charge is 0.319 e. The van der Waals surface area contributed by atoms with E-state index in [0.717, 1.165) is 0 Å². The molecule has 0 spiro atoms. The van der Waals surface area contributed by atoms with Gasteiger partial charge < -0.3 is 15.7 Å². The molecule has 3 N–H and O–H groups in total. The molecule has 0 unspecified atom stereocenters. The van der Waals surface area contributed by atoms with Crippen LogP contribution in [0.3, 0.4) is 0 Å². The van der Waals surface area contributed by atoms with E-state index in [0.29, 0.717) is 17.8 Å². The van der Waals surface area contributed by atoms with Crippen molar-refractivity contribution in [1.29, 1.82) is 0 Å². The molecule has 1 aromatic carbocycles. The Bertz CT molecular complexity index is 728. The molecule has 120 valence electrons. The number of nitrogens with one attached hydrogen (secondary N) is 2. The molecule has 2 aromatic rings. The maximum Gasteiger partial charge on any atom is 0.319 e. The minimum atomic E-state index is -0.391. The van der Waals surface area contributed by atoms with E-state index in [2.05, 4.69) is 15.7 Å². The maximum absolute atomic E-state index is 13.7. The first kappa shape index (κ1) is 15.2. The van der Waals surface area contributed by atoms with Crippen LogP contribution in [0.25, 0.3) is 5.69 Å². The van der Waals surface area contributed by atoms with Crippen LogP contribution in [-0.4, -0.2) is 33.6 Å². The third-order valence-corrected chi connectivity index (χ3v) is 3.66. The molecular weight excluding hydrogens is 299 g/mol. The lowest BCUT2D eigenvalue weighted by molar-refractivity contribution is 0.238. The van der Waals surface area contributed by atoms with Gasteiger partial charge >= 0.3 is 6.03 Å². The van der Waals surface area contributed by atoms with Crippen molar-refractivity contribution >= 4 is 11.7 Å². The highest BCUT2D eigenvalue weighted by Crippen LogP contribution is 2.18. The topological polar surface area (TPSA) is 79.2 Å². The van der Waals surface area contributed by atoms with E-state index in [4.69, 9.17) is 5.11 Å². The summed E-state index contributed by atoms with van der Waals surface area (Å²) in [5, 5.41) is 18.6. The number of hydrogen-bond acceptors (Lipinski definition) is 3. The van der Waals surface area contributed by atoms with E-state index < -0.39 is 5.82 Å². The fourth-order valence-electron chi connectivity index (χ4n) is 2.51. The van der Waals surface area contributed by atoms with Crippen LogP contribution >= 0.6 is 0 Å². The molecule has 1 aromatic heterocycles. The van der Waals surface area contributed by atoms with Crippen molar-refractivity contribution < 1.29 is 14.3 Å². The number of amides is 2. The van der Waals surface area contributed by atoms with Gasteiger partial charge in [-0.2, -0.15) is 5.10 Å². The molecule has 1 aliphatic rings. The molecule has 0 bridgehead atoms. The maximum atomic E-state index is 13.7. The van der Waals surface area contributed by atoms with Gasteiger partial charge in [-0.3, -0.25) is 0 Å². The first-order valence-electron chi connectivity index (χ1n) is 7.32. The zero-order chi connectivity index (χ0) is 16.2. The molecular formula is C16H17FN4O2. The number of aliphatic hydroxyl groups is 1. The third-order valence-electron chi connectivity index (χ3n) is 3.66. The van der Waals surface area contributed by atoms with Gasteiger partial charge in [0.2, 0.25) is 0 Å². The van der Waals surface area contributed by atoms with Crippen molar-refractivity contribution in [1.82, 2.24) is 15.1 Å². The molecule has 23 heavy (non-hydrogen) atoms. The molecule has 0 fully saturated rings. The summed E-state index contributed by atoms with van der Waals surface area (Å²) in [4.78, 5) is 11.9. The predicted octanol–water partition coefficient (Wildman–Crippen LogP) is 2.07. The summed E-state index contributed by atoms with van der Waals surface area (Å²) in [5.41, 5.74) is 0.775. The highest BCUT2D eigenvalue weighted by Gasteiger charge is 2.19. The lowest BCUT2D eigenvalue weighted by atomic mass is 10.1. The Balaban J connectivity index is 1.60. The molecule has 0 radical (unpaired) electrons. The third kappa shape index (κ3) is 3.57. The van der Waals surface area contributed by atoms with Crippen LogP contribution in [-0.2, 0) is 0 Å². The highest BCUT2D eigenvalue weighted by molar-refractivity contribution is 5.89. The number of carbonyl (C=O) groups is 1. The number of halogens is 1. The Morgan fingerprint density at radius 2 is 2.22 bits per heavy atom. The van der Waals surface area contributed by atoms with Crippen LogP contribution < -0.4 is 10.6 Å². The molecule has 0 saturated heterocycles. The lowest BCUT2D eigenvalue weighted by Crippen LogP contribution is -2.36. The zero-order valence-electron chi connectivity index (χ0n) is 12.3. The summed E-state index contributed by atoms with van der Waals surface area (Å²) in [6.45, 7) is 0.0751. The van der Waals surface area contributed by atoms with Gasteiger partial charge in [0.15, 0.2) is 0 Å². The molecule has 0 aliphatic heterocycles. The predicted molar refractivity (Wildman–Crippen MR) is 83.8 cm³/mol. The Labute approximate surface area is 132 Å². The van der Waals surface area contributed by atoms with Crippen LogP contribution in [0.1, 0.15) is 6.42 Å². The summed E-state index contributed by atoms with van der Waals surface area (Å²) in [7, 11) is 0. The summed E-state index contributed by atoms with van der Waals surface area (Å²) < 4.78 is 15.1. The number of aliphatic hydroxyl groups excluding tert-OH is 1. The quantitative estimate of drug-likeness (QED) is 0.756. The van der Waals surface area contributed by atoms with Gasteiger partial charge in [-0.05, 0) is 18.6 Å². The number of hydrogen-bond donors (Lipinski definition) is 3. The van der Waals surface area contributed by atoms with Gasteiger partial charge in [0.1, 0.15) is 11.5 Å². The standard InChI is InChI=1S/C16H17FN4O2/c17-14-3-1-2-4-15(14)21-9-13(8-18-21)20-16(23)19-12-6-5-11(7-12)10-22/h1-6,8-9,11-12,22H,7,10H2,(H2,19,20,23)/t11-,12+/m0/s1. The Kier molecular flexibility index (Phi) is 4.38. The molecule has 1 aliphatic carbocycles. The monoisotopic (exact) mass is 316 g/mol. The van der Waals surface area contributed by atoms with Crippen molar-refractivity contribution in [2.75, 3.05) is 11.9 Å². The van der Waals surface area contributed by atoms with Crippen molar-refractivity contribution in [3.05, 3.63) is 54.6 Å². The van der Waals surface area contributed by atoms with Crippen LogP contribution in [0.5, 0.6) is 0 Å². The summed E-state index contributed by atoms with van der Waals surface area (Å²) >= 11 is 0. The van der Waals surface area contributed by atoms with Gasteiger partial charge in [0.05, 0.1) is 18.1 Å². The molecule has 1 heterocycles. The van der Waals surface area contributed by atoms with Crippen molar-refractivity contribution in [2.24, 2.45) is 5.92 Å². The lowest BCUT2D eigenvalue weighted by Gasteiger charge is -2.12. The zero-order valence-corrected chi connectivity index (χ0v) is 12.3. The molecule has 6 nitrogen and oxygen atoms in total. The number of anilines is 1. The molecule has 3 rings (SSSR count). The second-order valence-corrected chi connectivity index (χ2v) is 5.39. The summed E-state index contributed by atoms with van der Waals surface area (Å²) in [6.07, 6.45) is 7.43. The minimum Gasteiger partial charge on any atom is -0.396 e. The van der Waals surface area contributed by atoms with Gasteiger partial charge in [-0.15, -0.1) is 0 Å². The summed E-state index contributed by atoms with van der Waals surface area (Å²) in [5.74, 6) is -0.304. The fraction of sp³-hybridized carbons (Fsp3) is 0.250. The molecule has 2 amide bonds. The highest BCUT2D eigenvalue weighted by atomic mass is 19.1. The van der Waals surface area contributed by atoms with Crippen LogP contribution in [0.15, 0.2) is 48.8 Å². The number of aromatic nitrogens is 2. The average Bonchev–Trinajstić information content (AvgIpc) is 3.17. The van der Waals surface area contributed by atoms with Crippen molar-refractivity contribution in [3.63, 3.8) is 0 Å². The van der Waals surface area contributed by atoms with Crippen LogP contribution in [0, 0.1) is 11.7 Å². The van der Waals surface area contributed by atoms with E-state index in [-0.39, 0.29) is 24.6 Å². The van der Waals surface area contributed by atoms with Crippen LogP contribution in [0.4, 0.5) is 14.9 Å². The Morgan fingerprint density at radius 3 is 2.96 bits per heavy atom. The van der Waals surface area contributed by atoms with Gasteiger partial charge in [0.25, 0.3) is 0 Å². The van der Waals surface area contributed by atoms with E-state index >= 15 is 0 Å². The number of para-hydroxylation sites is 1. The second-order valence-electron chi connectivity index (χ2n) is 5.39. The number of nitrogens with zero attached hydrogens (tertiary/aromatic N) is 2. The number of benzene rings is 1. The minimum absolute atomic E-state index is 0.0751. The average molecular weight is 316 g/mol. The van der Waals surface area contributed by atoms with Gasteiger partial charge in [-0.1, -0.05) is 24.3 Å². The van der Waals surface area contributed by atoms with Crippen molar-refractivity contribution in [2.45, 2.75) is 12.5 Å². The number of carbonyl (C=O) groups excluding carboxylic acids is 1. The molecule has 7 heteroatoms. The summed E-state index contributed by atoms with van der Waals surface area (Å²) in [6, 6.07) is 5.79. The molecule has 0 saturated carbocycles. The van der Waals surface area contributed by atoms with Gasteiger partial charge in [0, 0.05) is 18.6 Å². The van der Waals surface area contributed by atoms with E-state index in [1.807, 2.05) is 12.2 Å². The first-order chi connectivity index (χ1) is 11.2. The van der Waals surface area contributed by atoms with E-state index in [1.165, 1.54) is 16.9 Å². The van der Waals surface area contributed by atoms with Crippen molar-refractivity contribution in [3.8, 4) is 5.69 Å². The second kappa shape index (κ2) is 6.62. The first-order valence-corrected chi connectivity index (χ1v) is 7.32. The largest absolute Gasteiger partial charge is 0.396 e. The van der Waals surface area contributed by atoms with Crippen LogP contribution in [0.2, 0.25) is 0 Å². The number of rotatable bonds is 4. The van der Waals surface area contributed by atoms with E-state index in [1.54, 1.807) is 24.4 Å². The Morgan fingerprint density at radius 1 is 1.39 bits per heavy atom. The molecule has 2 atom stereocenters. The van der Waals surface area contributed by atoms with Gasteiger partial charge in [-0.25, -0.2) is 13.9 Å². The normalized spacial score (nSPS) is 19.7. The fourth-order valence-corrected chi connectivity index (χ4v) is 2.51. The SMILES string of the molecule is O=C(Nc1cnn(-c2ccccc2F)c1)N[C@@H]1C=C[C@H](CO)C1.